The van der Waals surface area contributed by atoms with Crippen molar-refractivity contribution in [1.82, 2.24) is 5.43 Å². The Kier molecular flexibility index (Phi) is 3.17. The molecule has 92 valence electrons. The molecular weight excluding hydrogens is 219 g/mol. The van der Waals surface area contributed by atoms with E-state index in [4.69, 9.17) is 10.3 Å². The lowest BCUT2D eigenvalue weighted by Gasteiger charge is -2.18. The van der Waals surface area contributed by atoms with Gasteiger partial charge in [0.15, 0.2) is 0 Å². The van der Waals surface area contributed by atoms with Crippen molar-refractivity contribution < 1.29 is 8.81 Å². The van der Waals surface area contributed by atoms with Crippen molar-refractivity contribution in [1.29, 1.82) is 0 Å². The zero-order valence-corrected chi connectivity index (χ0v) is 10.3. The number of hydrogen-bond acceptors (Lipinski definition) is 3. The van der Waals surface area contributed by atoms with Gasteiger partial charge >= 0.3 is 0 Å². The van der Waals surface area contributed by atoms with Gasteiger partial charge in [-0.2, -0.15) is 0 Å². The maximum Gasteiger partial charge on any atom is 0.134 e. The molecule has 0 amide bonds. The number of hydrazine groups is 1. The molecule has 0 saturated heterocycles. The fourth-order valence-corrected chi connectivity index (χ4v) is 2.08. The SMILES string of the molecule is Cc1c(C(NN)C(C)C)oc2ccc(F)cc12. The first-order chi connectivity index (χ1) is 8.04. The summed E-state index contributed by atoms with van der Waals surface area (Å²) in [6, 6.07) is 4.47. The molecule has 4 heteroatoms. The van der Waals surface area contributed by atoms with Crippen molar-refractivity contribution in [2.45, 2.75) is 26.8 Å². The molecule has 3 N–H and O–H groups in total. The number of aryl methyl sites for hydroxylation is 1. The second-order valence-corrected chi connectivity index (χ2v) is 4.62. The zero-order valence-electron chi connectivity index (χ0n) is 10.3. The van der Waals surface area contributed by atoms with Crippen LogP contribution in [0.1, 0.15) is 31.2 Å². The number of halogens is 1. The Balaban J connectivity index is 2.59. The van der Waals surface area contributed by atoms with E-state index >= 15 is 0 Å². The van der Waals surface area contributed by atoms with Crippen molar-refractivity contribution in [3.8, 4) is 0 Å². The lowest BCUT2D eigenvalue weighted by Crippen LogP contribution is -2.31. The molecule has 2 rings (SSSR count). The van der Waals surface area contributed by atoms with Gasteiger partial charge in [-0.05, 0) is 31.0 Å². The van der Waals surface area contributed by atoms with E-state index in [1.165, 1.54) is 12.1 Å². The van der Waals surface area contributed by atoms with E-state index in [0.717, 1.165) is 16.7 Å². The van der Waals surface area contributed by atoms with Crippen LogP contribution in [0, 0.1) is 18.7 Å². The van der Waals surface area contributed by atoms with Crippen LogP contribution >= 0.6 is 0 Å². The monoisotopic (exact) mass is 236 g/mol. The summed E-state index contributed by atoms with van der Waals surface area (Å²) in [5.74, 6) is 6.36. The second-order valence-electron chi connectivity index (χ2n) is 4.62. The topological polar surface area (TPSA) is 51.2 Å². The largest absolute Gasteiger partial charge is 0.459 e. The minimum Gasteiger partial charge on any atom is -0.459 e. The number of rotatable bonds is 3. The van der Waals surface area contributed by atoms with Crippen LogP contribution in [-0.2, 0) is 0 Å². The molecule has 0 radical (unpaired) electrons. The summed E-state index contributed by atoms with van der Waals surface area (Å²) in [4.78, 5) is 0. The molecule has 0 aliphatic heterocycles. The average Bonchev–Trinajstić information content (AvgIpc) is 2.58. The smallest absolute Gasteiger partial charge is 0.134 e. The molecular formula is C13H17FN2O. The van der Waals surface area contributed by atoms with Crippen molar-refractivity contribution in [2.75, 3.05) is 0 Å². The van der Waals surface area contributed by atoms with Crippen molar-refractivity contribution in [3.05, 3.63) is 35.3 Å². The van der Waals surface area contributed by atoms with Crippen molar-refractivity contribution in [2.24, 2.45) is 11.8 Å². The third kappa shape index (κ3) is 2.06. The van der Waals surface area contributed by atoms with Gasteiger partial charge in [-0.15, -0.1) is 0 Å². The highest BCUT2D eigenvalue weighted by molar-refractivity contribution is 5.82. The molecule has 0 aliphatic rings. The van der Waals surface area contributed by atoms with Crippen LogP contribution in [-0.4, -0.2) is 0 Å². The normalized spacial score (nSPS) is 13.5. The molecule has 3 nitrogen and oxygen atoms in total. The maximum atomic E-state index is 13.2. The van der Waals surface area contributed by atoms with E-state index in [1.54, 1.807) is 6.07 Å². The van der Waals surface area contributed by atoms with Crippen LogP contribution in [0.15, 0.2) is 22.6 Å². The van der Waals surface area contributed by atoms with Crippen LogP contribution in [0.25, 0.3) is 11.0 Å². The highest BCUT2D eigenvalue weighted by atomic mass is 19.1. The van der Waals surface area contributed by atoms with E-state index in [0.29, 0.717) is 11.5 Å². The molecule has 0 spiro atoms. The van der Waals surface area contributed by atoms with Gasteiger partial charge in [-0.1, -0.05) is 13.8 Å². The fourth-order valence-electron chi connectivity index (χ4n) is 2.08. The van der Waals surface area contributed by atoms with Gasteiger partial charge in [0.1, 0.15) is 17.2 Å². The van der Waals surface area contributed by atoms with Crippen LogP contribution in [0.3, 0.4) is 0 Å². The molecule has 1 atom stereocenters. The molecule has 0 fully saturated rings. The molecule has 1 aromatic carbocycles. The Morgan fingerprint density at radius 2 is 2.06 bits per heavy atom. The lowest BCUT2D eigenvalue weighted by molar-refractivity contribution is 0.353. The number of benzene rings is 1. The zero-order chi connectivity index (χ0) is 12.6. The molecule has 0 bridgehead atoms. The first-order valence-electron chi connectivity index (χ1n) is 5.69. The Bertz CT molecular complexity index is 533. The van der Waals surface area contributed by atoms with Crippen LogP contribution < -0.4 is 11.3 Å². The molecule has 0 saturated carbocycles. The molecule has 1 heterocycles. The third-order valence-corrected chi connectivity index (χ3v) is 3.06. The average molecular weight is 236 g/mol. The van der Waals surface area contributed by atoms with Crippen molar-refractivity contribution >= 4 is 11.0 Å². The van der Waals surface area contributed by atoms with E-state index in [1.807, 2.05) is 6.92 Å². The summed E-state index contributed by atoms with van der Waals surface area (Å²) >= 11 is 0. The summed E-state index contributed by atoms with van der Waals surface area (Å²) in [6.07, 6.45) is 0. The minimum absolute atomic E-state index is 0.0644. The predicted octanol–water partition coefficient (Wildman–Crippen LogP) is 3.04. The summed E-state index contributed by atoms with van der Waals surface area (Å²) in [7, 11) is 0. The Morgan fingerprint density at radius 1 is 1.35 bits per heavy atom. The highest BCUT2D eigenvalue weighted by Crippen LogP contribution is 2.32. The number of fused-ring (bicyclic) bond motifs is 1. The van der Waals surface area contributed by atoms with Crippen LogP contribution in [0.5, 0.6) is 0 Å². The summed E-state index contributed by atoms with van der Waals surface area (Å²) in [5, 5.41) is 0.806. The Hall–Kier alpha value is -1.39. The molecule has 17 heavy (non-hydrogen) atoms. The van der Waals surface area contributed by atoms with E-state index < -0.39 is 0 Å². The van der Waals surface area contributed by atoms with Gasteiger partial charge in [-0.25, -0.2) is 9.82 Å². The Labute approximate surface area is 99.8 Å². The molecule has 2 aromatic rings. The van der Waals surface area contributed by atoms with Gasteiger partial charge in [0.2, 0.25) is 0 Å². The van der Waals surface area contributed by atoms with E-state index in [2.05, 4.69) is 19.3 Å². The highest BCUT2D eigenvalue weighted by Gasteiger charge is 2.22. The standard InChI is InChI=1S/C13H17FN2O/c1-7(2)12(16-15)13-8(3)10-6-9(14)4-5-11(10)17-13/h4-7,12,16H,15H2,1-3H3. The van der Waals surface area contributed by atoms with Gasteiger partial charge in [0.25, 0.3) is 0 Å². The van der Waals surface area contributed by atoms with E-state index in [-0.39, 0.29) is 11.9 Å². The van der Waals surface area contributed by atoms with Gasteiger partial charge in [0.05, 0.1) is 6.04 Å². The first-order valence-corrected chi connectivity index (χ1v) is 5.69. The second kappa shape index (κ2) is 4.47. The fraction of sp³-hybridized carbons (Fsp3) is 0.385. The quantitative estimate of drug-likeness (QED) is 0.636. The van der Waals surface area contributed by atoms with Crippen molar-refractivity contribution in [3.63, 3.8) is 0 Å². The Morgan fingerprint density at radius 3 is 2.65 bits per heavy atom. The van der Waals surface area contributed by atoms with Gasteiger partial charge < -0.3 is 4.42 Å². The van der Waals surface area contributed by atoms with Crippen LogP contribution in [0.2, 0.25) is 0 Å². The number of nitrogens with two attached hydrogens (primary N) is 1. The number of nitrogens with one attached hydrogen (secondary N) is 1. The third-order valence-electron chi connectivity index (χ3n) is 3.06. The summed E-state index contributed by atoms with van der Waals surface area (Å²) in [6.45, 7) is 6.03. The lowest BCUT2D eigenvalue weighted by atomic mass is 9.99. The molecule has 0 aliphatic carbocycles. The number of furan rings is 1. The van der Waals surface area contributed by atoms with Gasteiger partial charge in [0, 0.05) is 10.9 Å². The molecule has 1 unspecified atom stereocenters. The maximum absolute atomic E-state index is 13.2. The first kappa shape index (κ1) is 12.1. The number of hydrogen-bond donors (Lipinski definition) is 2. The molecule has 1 aromatic heterocycles. The van der Waals surface area contributed by atoms with Crippen LogP contribution in [0.4, 0.5) is 4.39 Å². The minimum atomic E-state index is -0.255. The van der Waals surface area contributed by atoms with Gasteiger partial charge in [-0.3, -0.25) is 5.84 Å². The predicted molar refractivity (Wildman–Crippen MR) is 65.8 cm³/mol. The summed E-state index contributed by atoms with van der Waals surface area (Å²) in [5.41, 5.74) is 4.38. The van der Waals surface area contributed by atoms with E-state index in [9.17, 15) is 4.39 Å². The summed E-state index contributed by atoms with van der Waals surface area (Å²) < 4.78 is 18.9.